The number of aromatic nitrogens is 1. The van der Waals surface area contributed by atoms with Crippen molar-refractivity contribution in [2.75, 3.05) is 17.2 Å². The first kappa shape index (κ1) is 14.0. The zero-order valence-electron chi connectivity index (χ0n) is 11.4. The Balaban J connectivity index is 2.26. The molecule has 0 unspecified atom stereocenters. The highest BCUT2D eigenvalue weighted by Crippen LogP contribution is 2.19. The number of nitrogens with zero attached hydrogens (tertiary/aromatic N) is 1. The molecule has 0 aliphatic heterocycles. The second-order valence-corrected chi connectivity index (χ2v) is 4.36. The van der Waals surface area contributed by atoms with Crippen molar-refractivity contribution in [2.45, 2.75) is 13.8 Å². The lowest BCUT2D eigenvalue weighted by Gasteiger charge is -2.12. The van der Waals surface area contributed by atoms with Crippen LogP contribution in [0.25, 0.3) is 0 Å². The highest BCUT2D eigenvalue weighted by Gasteiger charge is 2.12. The third-order valence-corrected chi connectivity index (χ3v) is 2.88. The summed E-state index contributed by atoms with van der Waals surface area (Å²) in [7, 11) is 0. The fourth-order valence-corrected chi connectivity index (χ4v) is 1.84. The maximum Gasteiger partial charge on any atom is 0.257 e. The number of benzene rings is 1. The molecule has 0 saturated carbocycles. The topological polar surface area (TPSA) is 54.0 Å². The number of carbonyl (C=O) groups excluding carboxylic acids is 1. The molecule has 2 N–H and O–H groups in total. The number of nitrogens with one attached hydrogen (secondary N) is 2. The molecular formula is C15H16FN3O. The monoisotopic (exact) mass is 273 g/mol. The highest BCUT2D eigenvalue weighted by molar-refractivity contribution is 6.08. The molecule has 2 rings (SSSR count). The summed E-state index contributed by atoms with van der Waals surface area (Å²) >= 11 is 0. The average molecular weight is 273 g/mol. The van der Waals surface area contributed by atoms with Crippen LogP contribution < -0.4 is 10.6 Å². The summed E-state index contributed by atoms with van der Waals surface area (Å²) in [4.78, 5) is 16.3. The van der Waals surface area contributed by atoms with E-state index in [-0.39, 0.29) is 11.7 Å². The number of halogens is 1. The van der Waals surface area contributed by atoms with E-state index < -0.39 is 0 Å². The van der Waals surface area contributed by atoms with Crippen molar-refractivity contribution in [3.63, 3.8) is 0 Å². The third kappa shape index (κ3) is 3.12. The van der Waals surface area contributed by atoms with Crippen LogP contribution in [0, 0.1) is 12.7 Å². The van der Waals surface area contributed by atoms with Gasteiger partial charge in [0.25, 0.3) is 5.91 Å². The predicted octanol–water partition coefficient (Wildman–Crippen LogP) is 3.21. The summed E-state index contributed by atoms with van der Waals surface area (Å²) in [5.41, 5.74) is 2.40. The summed E-state index contributed by atoms with van der Waals surface area (Å²) in [6.07, 6.45) is 3.14. The van der Waals surface area contributed by atoms with Gasteiger partial charge in [0.1, 0.15) is 5.82 Å². The molecular weight excluding hydrogens is 257 g/mol. The van der Waals surface area contributed by atoms with E-state index in [1.807, 2.05) is 13.8 Å². The minimum absolute atomic E-state index is 0.294. The van der Waals surface area contributed by atoms with Gasteiger partial charge in [0.05, 0.1) is 17.4 Å². The second kappa shape index (κ2) is 6.14. The van der Waals surface area contributed by atoms with Crippen LogP contribution in [0.5, 0.6) is 0 Å². The van der Waals surface area contributed by atoms with Crippen LogP contribution in [0.3, 0.4) is 0 Å². The van der Waals surface area contributed by atoms with Crippen molar-refractivity contribution < 1.29 is 9.18 Å². The predicted molar refractivity (Wildman–Crippen MR) is 77.5 cm³/mol. The number of hydrogen-bond acceptors (Lipinski definition) is 3. The molecule has 1 aromatic heterocycles. The zero-order valence-corrected chi connectivity index (χ0v) is 11.4. The molecule has 5 heteroatoms. The first-order chi connectivity index (χ1) is 9.61. The van der Waals surface area contributed by atoms with Crippen molar-refractivity contribution in [1.29, 1.82) is 0 Å². The van der Waals surface area contributed by atoms with Gasteiger partial charge in [-0.2, -0.15) is 0 Å². The van der Waals surface area contributed by atoms with E-state index in [1.54, 1.807) is 24.5 Å². The fourth-order valence-electron chi connectivity index (χ4n) is 1.84. The molecule has 0 radical (unpaired) electrons. The molecule has 2 aromatic rings. The summed E-state index contributed by atoms with van der Waals surface area (Å²) < 4.78 is 13.2. The Hall–Kier alpha value is -2.43. The standard InChI is InChI=1S/C15H16FN3O/c1-3-18-14-9-17-7-6-12(14)15(20)19-13-8-11(16)5-4-10(13)2/h4-9,18H,3H2,1-2H3,(H,19,20). The molecule has 1 aromatic carbocycles. The number of amides is 1. The first-order valence-corrected chi connectivity index (χ1v) is 6.37. The van der Waals surface area contributed by atoms with Crippen molar-refractivity contribution in [3.8, 4) is 0 Å². The minimum Gasteiger partial charge on any atom is -0.383 e. The van der Waals surface area contributed by atoms with E-state index in [0.717, 1.165) is 5.56 Å². The van der Waals surface area contributed by atoms with E-state index in [1.165, 1.54) is 12.1 Å². The Morgan fingerprint density at radius 1 is 1.30 bits per heavy atom. The van der Waals surface area contributed by atoms with Crippen LogP contribution >= 0.6 is 0 Å². The second-order valence-electron chi connectivity index (χ2n) is 4.36. The van der Waals surface area contributed by atoms with Crippen LogP contribution in [-0.2, 0) is 0 Å². The summed E-state index contributed by atoms with van der Waals surface area (Å²) in [5, 5.41) is 5.79. The lowest BCUT2D eigenvalue weighted by atomic mass is 10.1. The number of pyridine rings is 1. The van der Waals surface area contributed by atoms with Gasteiger partial charge in [-0.15, -0.1) is 0 Å². The molecule has 20 heavy (non-hydrogen) atoms. The van der Waals surface area contributed by atoms with Gasteiger partial charge < -0.3 is 10.6 Å². The molecule has 4 nitrogen and oxygen atoms in total. The Morgan fingerprint density at radius 3 is 2.85 bits per heavy atom. The van der Waals surface area contributed by atoms with Gasteiger partial charge in [0, 0.05) is 18.4 Å². The molecule has 0 aliphatic rings. The van der Waals surface area contributed by atoms with Crippen molar-refractivity contribution in [2.24, 2.45) is 0 Å². The smallest absolute Gasteiger partial charge is 0.257 e. The molecule has 0 fully saturated rings. The van der Waals surface area contributed by atoms with Crippen molar-refractivity contribution in [3.05, 3.63) is 53.6 Å². The molecule has 1 amide bonds. The minimum atomic E-state index is -0.382. The van der Waals surface area contributed by atoms with Gasteiger partial charge >= 0.3 is 0 Å². The number of rotatable bonds is 4. The van der Waals surface area contributed by atoms with Gasteiger partial charge in [-0.25, -0.2) is 4.39 Å². The molecule has 104 valence electrons. The van der Waals surface area contributed by atoms with E-state index in [4.69, 9.17) is 0 Å². The van der Waals surface area contributed by atoms with Gasteiger partial charge in [0.15, 0.2) is 0 Å². The number of aryl methyl sites for hydroxylation is 1. The fraction of sp³-hybridized carbons (Fsp3) is 0.200. The van der Waals surface area contributed by atoms with Gasteiger partial charge in [0.2, 0.25) is 0 Å². The van der Waals surface area contributed by atoms with Crippen LogP contribution in [0.2, 0.25) is 0 Å². The Morgan fingerprint density at radius 2 is 2.10 bits per heavy atom. The third-order valence-electron chi connectivity index (χ3n) is 2.88. The van der Waals surface area contributed by atoms with E-state index in [2.05, 4.69) is 15.6 Å². The molecule has 0 bridgehead atoms. The van der Waals surface area contributed by atoms with Crippen molar-refractivity contribution >= 4 is 17.3 Å². The van der Waals surface area contributed by atoms with Crippen LogP contribution in [0.1, 0.15) is 22.8 Å². The number of anilines is 2. The van der Waals surface area contributed by atoms with Gasteiger partial charge in [-0.05, 0) is 37.6 Å². The maximum absolute atomic E-state index is 13.2. The largest absolute Gasteiger partial charge is 0.383 e. The molecule has 0 aliphatic carbocycles. The SMILES string of the molecule is CCNc1cnccc1C(=O)Nc1cc(F)ccc1C. The average Bonchev–Trinajstić information content (AvgIpc) is 2.44. The molecule has 0 saturated heterocycles. The first-order valence-electron chi connectivity index (χ1n) is 6.37. The van der Waals surface area contributed by atoms with Crippen LogP contribution in [-0.4, -0.2) is 17.4 Å². The van der Waals surface area contributed by atoms with E-state index >= 15 is 0 Å². The van der Waals surface area contributed by atoms with Gasteiger partial charge in [-0.3, -0.25) is 9.78 Å². The highest BCUT2D eigenvalue weighted by atomic mass is 19.1. The van der Waals surface area contributed by atoms with Gasteiger partial charge in [-0.1, -0.05) is 6.07 Å². The normalized spacial score (nSPS) is 10.2. The summed E-state index contributed by atoms with van der Waals surface area (Å²) in [5.74, 6) is -0.676. The Kier molecular flexibility index (Phi) is 4.30. The van der Waals surface area contributed by atoms with E-state index in [0.29, 0.717) is 23.5 Å². The number of hydrogen-bond donors (Lipinski definition) is 2. The quantitative estimate of drug-likeness (QED) is 0.899. The molecule has 0 spiro atoms. The maximum atomic E-state index is 13.2. The summed E-state index contributed by atoms with van der Waals surface area (Å²) in [6, 6.07) is 5.92. The number of carbonyl (C=O) groups is 1. The Labute approximate surface area is 117 Å². The molecule has 1 heterocycles. The van der Waals surface area contributed by atoms with Crippen molar-refractivity contribution in [1.82, 2.24) is 4.98 Å². The van der Waals surface area contributed by atoms with Crippen LogP contribution in [0.4, 0.5) is 15.8 Å². The molecule has 0 atom stereocenters. The van der Waals surface area contributed by atoms with E-state index in [9.17, 15) is 9.18 Å². The lowest BCUT2D eigenvalue weighted by Crippen LogP contribution is -2.15. The Bertz CT molecular complexity index is 628. The summed E-state index contributed by atoms with van der Waals surface area (Å²) in [6.45, 7) is 4.43. The zero-order chi connectivity index (χ0) is 14.5. The van der Waals surface area contributed by atoms with Crippen LogP contribution in [0.15, 0.2) is 36.7 Å². The lowest BCUT2D eigenvalue weighted by molar-refractivity contribution is 0.102.